The molecule has 0 aromatic heterocycles. The van der Waals surface area contributed by atoms with E-state index in [2.05, 4.69) is 10.6 Å². The van der Waals surface area contributed by atoms with Crippen LogP contribution in [0.3, 0.4) is 0 Å². The molecule has 0 heterocycles. The van der Waals surface area contributed by atoms with Gasteiger partial charge in [0.2, 0.25) is 0 Å². The predicted molar refractivity (Wildman–Crippen MR) is 58.0 cm³/mol. The van der Waals surface area contributed by atoms with Gasteiger partial charge in [-0.25, -0.2) is 4.79 Å². The summed E-state index contributed by atoms with van der Waals surface area (Å²) in [6.45, 7) is 1.46. The third-order valence-corrected chi connectivity index (χ3v) is 3.77. The molecule has 2 aliphatic rings. The highest BCUT2D eigenvalue weighted by Gasteiger charge is 2.40. The van der Waals surface area contributed by atoms with Gasteiger partial charge in [0, 0.05) is 6.04 Å². The summed E-state index contributed by atoms with van der Waals surface area (Å²) in [5.74, 6) is 0.367. The number of carbonyl (C=O) groups is 2. The lowest BCUT2D eigenvalue weighted by atomic mass is 9.95. The summed E-state index contributed by atoms with van der Waals surface area (Å²) < 4.78 is 0. The molecule has 2 amide bonds. The first-order valence-electron chi connectivity index (χ1n) is 5.86. The van der Waals surface area contributed by atoms with Gasteiger partial charge >= 0.3 is 12.0 Å². The van der Waals surface area contributed by atoms with Gasteiger partial charge in [-0.2, -0.15) is 0 Å². The summed E-state index contributed by atoms with van der Waals surface area (Å²) in [7, 11) is 0. The Hall–Kier alpha value is -1.26. The third-order valence-electron chi connectivity index (χ3n) is 3.77. The SMILES string of the molecule is C[C@@H](NC(=O)NC1CC2CCC1C2)C(=O)O. The van der Waals surface area contributed by atoms with Gasteiger partial charge in [-0.05, 0) is 38.0 Å². The zero-order valence-electron chi connectivity index (χ0n) is 9.40. The summed E-state index contributed by atoms with van der Waals surface area (Å²) in [5, 5.41) is 14.0. The molecule has 0 spiro atoms. The summed E-state index contributed by atoms with van der Waals surface area (Å²) in [4.78, 5) is 22.1. The van der Waals surface area contributed by atoms with Crippen LogP contribution in [-0.4, -0.2) is 29.2 Å². The van der Waals surface area contributed by atoms with Crippen LogP contribution >= 0.6 is 0 Å². The van der Waals surface area contributed by atoms with Gasteiger partial charge in [-0.1, -0.05) is 6.42 Å². The molecule has 0 aliphatic heterocycles. The summed E-state index contributed by atoms with van der Waals surface area (Å²) >= 11 is 0. The van der Waals surface area contributed by atoms with Gasteiger partial charge < -0.3 is 15.7 Å². The van der Waals surface area contributed by atoms with E-state index in [9.17, 15) is 9.59 Å². The number of rotatable bonds is 3. The first-order chi connectivity index (χ1) is 7.56. The maximum absolute atomic E-state index is 11.5. The maximum Gasteiger partial charge on any atom is 0.325 e. The highest BCUT2D eigenvalue weighted by molar-refractivity contribution is 5.82. The van der Waals surface area contributed by atoms with Gasteiger partial charge in [0.05, 0.1) is 0 Å². The minimum Gasteiger partial charge on any atom is -0.480 e. The second-order valence-electron chi connectivity index (χ2n) is 4.96. The van der Waals surface area contributed by atoms with E-state index < -0.39 is 12.0 Å². The molecule has 5 heteroatoms. The van der Waals surface area contributed by atoms with E-state index in [4.69, 9.17) is 5.11 Å². The molecule has 0 aromatic carbocycles. The predicted octanol–water partition coefficient (Wildman–Crippen LogP) is 0.947. The van der Waals surface area contributed by atoms with E-state index in [-0.39, 0.29) is 12.1 Å². The lowest BCUT2D eigenvalue weighted by molar-refractivity contribution is -0.138. The smallest absolute Gasteiger partial charge is 0.325 e. The van der Waals surface area contributed by atoms with Crippen LogP contribution in [0.4, 0.5) is 4.79 Å². The van der Waals surface area contributed by atoms with Crippen LogP contribution in [0.2, 0.25) is 0 Å². The summed E-state index contributed by atoms with van der Waals surface area (Å²) in [5.41, 5.74) is 0. The summed E-state index contributed by atoms with van der Waals surface area (Å²) in [6, 6.07) is -0.939. The van der Waals surface area contributed by atoms with Gasteiger partial charge in [0.15, 0.2) is 0 Å². The van der Waals surface area contributed by atoms with Crippen molar-refractivity contribution in [2.45, 2.75) is 44.7 Å². The zero-order chi connectivity index (χ0) is 11.7. The molecule has 0 radical (unpaired) electrons. The molecule has 0 saturated heterocycles. The minimum absolute atomic E-state index is 0.250. The summed E-state index contributed by atoms with van der Waals surface area (Å²) in [6.07, 6.45) is 4.76. The van der Waals surface area contributed by atoms with E-state index in [0.29, 0.717) is 5.92 Å². The first-order valence-corrected chi connectivity index (χ1v) is 5.86. The Morgan fingerprint density at radius 1 is 1.31 bits per heavy atom. The van der Waals surface area contributed by atoms with Gasteiger partial charge in [0.1, 0.15) is 6.04 Å². The molecule has 0 aromatic rings. The fourth-order valence-corrected chi connectivity index (χ4v) is 2.89. The van der Waals surface area contributed by atoms with Crippen molar-refractivity contribution in [2.75, 3.05) is 0 Å². The molecular formula is C11H18N2O3. The van der Waals surface area contributed by atoms with Crippen molar-refractivity contribution in [3.05, 3.63) is 0 Å². The highest BCUT2D eigenvalue weighted by Crippen LogP contribution is 2.44. The molecule has 2 bridgehead atoms. The number of hydrogen-bond acceptors (Lipinski definition) is 2. The van der Waals surface area contributed by atoms with Crippen LogP contribution in [0.25, 0.3) is 0 Å². The maximum atomic E-state index is 11.5. The Morgan fingerprint density at radius 2 is 2.06 bits per heavy atom. The number of hydrogen-bond donors (Lipinski definition) is 3. The highest BCUT2D eigenvalue weighted by atomic mass is 16.4. The van der Waals surface area contributed by atoms with Gasteiger partial charge in [0.25, 0.3) is 0 Å². The molecule has 16 heavy (non-hydrogen) atoms. The number of carboxylic acids is 1. The molecule has 3 unspecified atom stereocenters. The fraction of sp³-hybridized carbons (Fsp3) is 0.818. The molecule has 5 nitrogen and oxygen atoms in total. The number of aliphatic carboxylic acids is 1. The normalized spacial score (nSPS) is 33.4. The van der Waals surface area contributed by atoms with E-state index in [1.807, 2.05) is 0 Å². The lowest BCUT2D eigenvalue weighted by Gasteiger charge is -2.23. The molecule has 2 rings (SSSR count). The quantitative estimate of drug-likeness (QED) is 0.670. The lowest BCUT2D eigenvalue weighted by Crippen LogP contribution is -2.49. The molecule has 3 N–H and O–H groups in total. The fourth-order valence-electron chi connectivity index (χ4n) is 2.89. The Bertz CT molecular complexity index is 306. The van der Waals surface area contributed by atoms with Crippen LogP contribution in [0.1, 0.15) is 32.6 Å². The van der Waals surface area contributed by atoms with Crippen LogP contribution in [0.15, 0.2) is 0 Å². The average Bonchev–Trinajstić information content (AvgIpc) is 2.78. The Kier molecular flexibility index (Phi) is 3.03. The number of urea groups is 1. The van der Waals surface area contributed by atoms with E-state index in [1.165, 1.54) is 26.2 Å². The topological polar surface area (TPSA) is 78.4 Å². The van der Waals surface area contributed by atoms with Gasteiger partial charge in [-0.15, -0.1) is 0 Å². The van der Waals surface area contributed by atoms with Crippen LogP contribution in [0.5, 0.6) is 0 Å². The third kappa shape index (κ3) is 2.28. The van der Waals surface area contributed by atoms with E-state index in [0.717, 1.165) is 12.3 Å². The van der Waals surface area contributed by atoms with Gasteiger partial charge in [-0.3, -0.25) is 4.79 Å². The molecule has 2 fully saturated rings. The second-order valence-corrected chi connectivity index (χ2v) is 4.96. The van der Waals surface area contributed by atoms with Crippen molar-refractivity contribution in [3.8, 4) is 0 Å². The Labute approximate surface area is 94.6 Å². The number of amides is 2. The monoisotopic (exact) mass is 226 g/mol. The van der Waals surface area contributed by atoms with E-state index >= 15 is 0 Å². The van der Waals surface area contributed by atoms with E-state index in [1.54, 1.807) is 0 Å². The Balaban J connectivity index is 1.77. The second kappa shape index (κ2) is 4.31. The number of nitrogens with one attached hydrogen (secondary N) is 2. The van der Waals surface area contributed by atoms with Crippen molar-refractivity contribution in [2.24, 2.45) is 11.8 Å². The molecule has 4 atom stereocenters. The zero-order valence-corrected chi connectivity index (χ0v) is 9.40. The van der Waals surface area contributed by atoms with Crippen molar-refractivity contribution >= 4 is 12.0 Å². The van der Waals surface area contributed by atoms with Crippen molar-refractivity contribution in [1.82, 2.24) is 10.6 Å². The number of carboxylic acid groups (broad SMARTS) is 1. The van der Waals surface area contributed by atoms with Crippen molar-refractivity contribution in [3.63, 3.8) is 0 Å². The number of fused-ring (bicyclic) bond motifs is 2. The van der Waals surface area contributed by atoms with Crippen molar-refractivity contribution < 1.29 is 14.7 Å². The largest absolute Gasteiger partial charge is 0.480 e. The molecule has 2 aliphatic carbocycles. The average molecular weight is 226 g/mol. The number of carbonyl (C=O) groups excluding carboxylic acids is 1. The Morgan fingerprint density at radius 3 is 2.56 bits per heavy atom. The van der Waals surface area contributed by atoms with Crippen molar-refractivity contribution in [1.29, 1.82) is 0 Å². The van der Waals surface area contributed by atoms with Crippen LogP contribution in [0, 0.1) is 11.8 Å². The molecule has 2 saturated carbocycles. The van der Waals surface area contributed by atoms with Crippen LogP contribution in [-0.2, 0) is 4.79 Å². The molecular weight excluding hydrogens is 208 g/mol. The standard InChI is InChI=1S/C11H18N2O3/c1-6(10(14)15)12-11(16)13-9-5-7-2-3-8(9)4-7/h6-9H,2-5H2,1H3,(H,14,15)(H2,12,13,16)/t6-,7?,8?,9?/m1/s1. The molecule has 90 valence electrons. The van der Waals surface area contributed by atoms with Crippen LogP contribution < -0.4 is 10.6 Å². The first kappa shape index (κ1) is 11.2. The minimum atomic E-state index is -1.01.